The minimum Gasteiger partial charge on any atom is -0.494 e. The second-order valence-electron chi connectivity index (χ2n) is 4.78. The first-order valence-corrected chi connectivity index (χ1v) is 8.03. The number of hydrogen-bond acceptors (Lipinski definition) is 3. The predicted octanol–water partition coefficient (Wildman–Crippen LogP) is 4.48. The van der Waals surface area contributed by atoms with Crippen molar-refractivity contribution in [2.24, 2.45) is 0 Å². The summed E-state index contributed by atoms with van der Waals surface area (Å²) in [5.41, 5.74) is 0.630. The normalized spacial score (nSPS) is 11.8. The van der Waals surface area contributed by atoms with E-state index in [-0.39, 0.29) is 10.8 Å². The smallest absolute Gasteiger partial charge is 0.237 e. The van der Waals surface area contributed by atoms with Gasteiger partial charge >= 0.3 is 0 Å². The van der Waals surface area contributed by atoms with E-state index in [2.05, 4.69) is 5.32 Å². The van der Waals surface area contributed by atoms with Gasteiger partial charge in [0.15, 0.2) is 0 Å². The van der Waals surface area contributed by atoms with Crippen molar-refractivity contribution in [2.45, 2.75) is 24.0 Å². The Kier molecular flexibility index (Phi) is 5.98. The number of anilines is 1. The molecule has 0 fully saturated rings. The van der Waals surface area contributed by atoms with Crippen LogP contribution in [0.2, 0.25) is 0 Å². The van der Waals surface area contributed by atoms with E-state index < -0.39 is 16.9 Å². The Balaban J connectivity index is 1.96. The molecule has 1 N–H and O–H groups in total. The molecule has 6 heteroatoms. The highest BCUT2D eigenvalue weighted by atomic mass is 32.2. The van der Waals surface area contributed by atoms with Gasteiger partial charge in [-0.15, -0.1) is 11.8 Å². The summed E-state index contributed by atoms with van der Waals surface area (Å²) in [4.78, 5) is 12.4. The van der Waals surface area contributed by atoms with Gasteiger partial charge in [0.25, 0.3) is 0 Å². The van der Waals surface area contributed by atoms with Crippen molar-refractivity contribution in [1.29, 1.82) is 0 Å². The molecule has 0 spiro atoms. The maximum atomic E-state index is 13.6. The molecule has 0 saturated carbocycles. The van der Waals surface area contributed by atoms with Crippen LogP contribution in [0.3, 0.4) is 0 Å². The summed E-state index contributed by atoms with van der Waals surface area (Å²) in [7, 11) is 0. The fourth-order valence-corrected chi connectivity index (χ4v) is 2.72. The monoisotopic (exact) mass is 337 g/mol. The maximum absolute atomic E-state index is 13.6. The van der Waals surface area contributed by atoms with Crippen LogP contribution in [0.25, 0.3) is 0 Å². The number of nitrogens with one attached hydrogen (secondary N) is 1. The van der Waals surface area contributed by atoms with Crippen LogP contribution in [0.5, 0.6) is 5.75 Å². The third-order valence-corrected chi connectivity index (χ3v) is 4.15. The Morgan fingerprint density at radius 2 is 1.91 bits per heavy atom. The van der Waals surface area contributed by atoms with E-state index in [9.17, 15) is 13.6 Å². The maximum Gasteiger partial charge on any atom is 0.237 e. The highest BCUT2D eigenvalue weighted by Gasteiger charge is 2.17. The second kappa shape index (κ2) is 7.97. The molecule has 3 nitrogen and oxygen atoms in total. The predicted molar refractivity (Wildman–Crippen MR) is 87.9 cm³/mol. The number of carbonyl (C=O) groups is 1. The van der Waals surface area contributed by atoms with Crippen molar-refractivity contribution < 1.29 is 18.3 Å². The molecule has 0 aliphatic heterocycles. The van der Waals surface area contributed by atoms with Crippen LogP contribution in [0, 0.1) is 11.6 Å². The van der Waals surface area contributed by atoms with Gasteiger partial charge in [-0.2, -0.15) is 0 Å². The Hall–Kier alpha value is -2.08. The molecule has 23 heavy (non-hydrogen) atoms. The Morgan fingerprint density at radius 1 is 1.22 bits per heavy atom. The SMILES string of the molecule is CCOc1ccc(NC(=O)C(C)Sc2ccc(F)cc2F)cc1. The van der Waals surface area contributed by atoms with E-state index in [0.717, 1.165) is 23.6 Å². The van der Waals surface area contributed by atoms with Crippen LogP contribution in [-0.4, -0.2) is 17.8 Å². The van der Waals surface area contributed by atoms with Crippen molar-refractivity contribution in [2.75, 3.05) is 11.9 Å². The summed E-state index contributed by atoms with van der Waals surface area (Å²) in [5, 5.41) is 2.22. The van der Waals surface area contributed by atoms with Crippen LogP contribution in [0.4, 0.5) is 14.5 Å². The first kappa shape index (κ1) is 17.3. The van der Waals surface area contributed by atoms with Gasteiger partial charge in [-0.05, 0) is 50.2 Å². The fourth-order valence-electron chi connectivity index (χ4n) is 1.86. The summed E-state index contributed by atoms with van der Waals surface area (Å²) in [6, 6.07) is 10.3. The molecule has 0 aliphatic rings. The highest BCUT2D eigenvalue weighted by Crippen LogP contribution is 2.27. The van der Waals surface area contributed by atoms with E-state index in [0.29, 0.717) is 12.3 Å². The number of benzene rings is 2. The summed E-state index contributed by atoms with van der Waals surface area (Å²) < 4.78 is 31.8. The standard InChI is InChI=1S/C17H17F2NO2S/c1-3-22-14-7-5-13(6-8-14)20-17(21)11(2)23-16-9-4-12(18)10-15(16)19/h4-11H,3H2,1-2H3,(H,20,21). The Labute approximate surface area is 138 Å². The first-order valence-electron chi connectivity index (χ1n) is 7.15. The van der Waals surface area contributed by atoms with Crippen molar-refractivity contribution in [3.8, 4) is 5.75 Å². The van der Waals surface area contributed by atoms with E-state index >= 15 is 0 Å². The Bertz CT molecular complexity index is 677. The zero-order chi connectivity index (χ0) is 16.8. The van der Waals surface area contributed by atoms with Gasteiger partial charge in [-0.25, -0.2) is 8.78 Å². The van der Waals surface area contributed by atoms with Crippen molar-refractivity contribution in [3.63, 3.8) is 0 Å². The lowest BCUT2D eigenvalue weighted by Gasteiger charge is -2.13. The molecule has 1 atom stereocenters. The van der Waals surface area contributed by atoms with Crippen molar-refractivity contribution >= 4 is 23.4 Å². The molecule has 2 aromatic rings. The van der Waals surface area contributed by atoms with Crippen molar-refractivity contribution in [3.05, 3.63) is 54.1 Å². The average molecular weight is 337 g/mol. The van der Waals surface area contributed by atoms with Gasteiger partial charge in [0.1, 0.15) is 17.4 Å². The summed E-state index contributed by atoms with van der Waals surface area (Å²) in [6.07, 6.45) is 0. The lowest BCUT2D eigenvalue weighted by atomic mass is 10.3. The molecule has 0 bridgehead atoms. The van der Waals surface area contributed by atoms with Crippen molar-refractivity contribution in [1.82, 2.24) is 0 Å². The minimum atomic E-state index is -0.671. The van der Waals surface area contributed by atoms with E-state index in [1.54, 1.807) is 31.2 Å². The summed E-state index contributed by atoms with van der Waals surface area (Å²) >= 11 is 1.04. The molecule has 122 valence electrons. The zero-order valence-corrected chi connectivity index (χ0v) is 13.6. The molecule has 2 rings (SSSR count). The molecule has 1 unspecified atom stereocenters. The second-order valence-corrected chi connectivity index (χ2v) is 6.16. The minimum absolute atomic E-state index is 0.237. The van der Waals surface area contributed by atoms with Crippen LogP contribution < -0.4 is 10.1 Å². The first-order chi connectivity index (χ1) is 11.0. The lowest BCUT2D eigenvalue weighted by Crippen LogP contribution is -2.22. The summed E-state index contributed by atoms with van der Waals surface area (Å²) in [6.45, 7) is 4.13. The topological polar surface area (TPSA) is 38.3 Å². The molecule has 0 aromatic heterocycles. The molecule has 2 aromatic carbocycles. The van der Waals surface area contributed by atoms with Crippen LogP contribution in [0.15, 0.2) is 47.4 Å². The van der Waals surface area contributed by atoms with Crippen LogP contribution >= 0.6 is 11.8 Å². The van der Waals surface area contributed by atoms with Gasteiger partial charge in [0.05, 0.1) is 11.9 Å². The third kappa shape index (κ3) is 4.96. The number of ether oxygens (including phenoxy) is 1. The lowest BCUT2D eigenvalue weighted by molar-refractivity contribution is -0.115. The van der Waals surface area contributed by atoms with Gasteiger partial charge < -0.3 is 10.1 Å². The van der Waals surface area contributed by atoms with Gasteiger partial charge in [0.2, 0.25) is 5.91 Å². The quantitative estimate of drug-likeness (QED) is 0.790. The largest absolute Gasteiger partial charge is 0.494 e. The van der Waals surface area contributed by atoms with Crippen LogP contribution in [-0.2, 0) is 4.79 Å². The number of carbonyl (C=O) groups excluding carboxylic acids is 1. The van der Waals surface area contributed by atoms with Gasteiger partial charge in [0, 0.05) is 16.6 Å². The molecule has 0 heterocycles. The van der Waals surface area contributed by atoms with E-state index in [1.165, 1.54) is 12.1 Å². The average Bonchev–Trinajstić information content (AvgIpc) is 2.52. The number of thioether (sulfide) groups is 1. The number of hydrogen-bond donors (Lipinski definition) is 1. The van der Waals surface area contributed by atoms with Crippen LogP contribution in [0.1, 0.15) is 13.8 Å². The highest BCUT2D eigenvalue weighted by molar-refractivity contribution is 8.00. The summed E-state index contributed by atoms with van der Waals surface area (Å²) in [5.74, 6) is -0.849. The number of rotatable bonds is 6. The zero-order valence-electron chi connectivity index (χ0n) is 12.8. The molecular formula is C17H17F2NO2S. The number of halogens is 2. The Morgan fingerprint density at radius 3 is 2.52 bits per heavy atom. The molecular weight excluding hydrogens is 320 g/mol. The van der Waals surface area contributed by atoms with Gasteiger partial charge in [-0.1, -0.05) is 0 Å². The van der Waals surface area contributed by atoms with E-state index in [1.807, 2.05) is 6.92 Å². The third-order valence-electron chi connectivity index (χ3n) is 3.00. The number of amides is 1. The molecule has 1 amide bonds. The fraction of sp³-hybridized carbons (Fsp3) is 0.235. The molecule has 0 aliphatic carbocycles. The molecule has 0 radical (unpaired) electrons. The van der Waals surface area contributed by atoms with E-state index in [4.69, 9.17) is 4.74 Å². The van der Waals surface area contributed by atoms with Gasteiger partial charge in [-0.3, -0.25) is 4.79 Å². The molecule has 0 saturated heterocycles.